The van der Waals surface area contributed by atoms with E-state index in [4.69, 9.17) is 17.0 Å². The Labute approximate surface area is 173 Å². The topological polar surface area (TPSA) is 60.4 Å². The fraction of sp³-hybridized carbons (Fsp3) is 0.600. The molecule has 0 amide bonds. The minimum atomic E-state index is -3.57. The summed E-state index contributed by atoms with van der Waals surface area (Å²) in [6, 6.07) is 8.12. The summed E-state index contributed by atoms with van der Waals surface area (Å²) in [7, 11) is -3.57. The fourth-order valence-electron chi connectivity index (χ4n) is 2.67. The molecule has 27 heavy (non-hydrogen) atoms. The lowest BCUT2D eigenvalue weighted by Gasteiger charge is -2.16. The van der Waals surface area contributed by atoms with Gasteiger partial charge in [-0.1, -0.05) is 62.6 Å². The molecule has 152 valence electrons. The second-order valence-electron chi connectivity index (χ2n) is 6.42. The van der Waals surface area contributed by atoms with Gasteiger partial charge in [-0.25, -0.2) is 8.42 Å². The van der Waals surface area contributed by atoms with Crippen molar-refractivity contribution >= 4 is 44.0 Å². The highest BCUT2D eigenvalue weighted by molar-refractivity contribution is 8.23. The van der Waals surface area contributed by atoms with Crippen LogP contribution in [0.25, 0.3) is 0 Å². The van der Waals surface area contributed by atoms with Crippen molar-refractivity contribution in [3.05, 3.63) is 30.3 Å². The summed E-state index contributed by atoms with van der Waals surface area (Å²) in [5, 5.41) is 0.185. The molecular formula is C20H30O4S3. The van der Waals surface area contributed by atoms with Gasteiger partial charge in [-0.2, -0.15) is 0 Å². The molecule has 1 aromatic carbocycles. The van der Waals surface area contributed by atoms with Crippen LogP contribution in [0, 0.1) is 0 Å². The highest BCUT2D eigenvalue weighted by Crippen LogP contribution is 2.25. The van der Waals surface area contributed by atoms with Gasteiger partial charge in [-0.05, 0) is 44.1 Å². The van der Waals surface area contributed by atoms with Crippen molar-refractivity contribution in [1.29, 1.82) is 0 Å². The Morgan fingerprint density at radius 1 is 1.11 bits per heavy atom. The van der Waals surface area contributed by atoms with Crippen LogP contribution < -0.4 is 0 Å². The lowest BCUT2D eigenvalue weighted by Crippen LogP contribution is -2.18. The first-order valence-corrected chi connectivity index (χ1v) is 12.5. The van der Waals surface area contributed by atoms with Crippen molar-refractivity contribution in [2.45, 2.75) is 68.9 Å². The highest BCUT2D eigenvalue weighted by atomic mass is 32.2. The first-order valence-electron chi connectivity index (χ1n) is 9.52. The molecule has 0 aliphatic carbocycles. The van der Waals surface area contributed by atoms with Gasteiger partial charge in [0.05, 0.1) is 11.5 Å². The number of rotatable bonds is 13. The maximum atomic E-state index is 12.3. The third-order valence-corrected chi connectivity index (χ3v) is 7.32. The molecule has 1 rings (SSSR count). The number of ether oxygens (including phenoxy) is 1. The molecule has 0 aromatic heterocycles. The molecule has 1 unspecified atom stereocenters. The number of benzene rings is 1. The quantitative estimate of drug-likeness (QED) is 0.316. The molecule has 0 bridgehead atoms. The van der Waals surface area contributed by atoms with E-state index in [9.17, 15) is 13.2 Å². The highest BCUT2D eigenvalue weighted by Gasteiger charge is 2.21. The van der Waals surface area contributed by atoms with E-state index in [-0.39, 0.29) is 22.3 Å². The number of thiocarbonyl (C=S) groups is 1. The van der Waals surface area contributed by atoms with Crippen LogP contribution in [0.1, 0.15) is 58.8 Å². The minimum absolute atomic E-state index is 0.185. The molecule has 0 aliphatic rings. The van der Waals surface area contributed by atoms with Gasteiger partial charge in [0.25, 0.3) is 0 Å². The Balaban J connectivity index is 2.56. The number of sulfone groups is 1. The molecule has 0 fully saturated rings. The molecule has 0 radical (unpaired) electrons. The Morgan fingerprint density at radius 2 is 1.81 bits per heavy atom. The van der Waals surface area contributed by atoms with E-state index in [0.717, 1.165) is 19.3 Å². The van der Waals surface area contributed by atoms with Crippen LogP contribution in [0.4, 0.5) is 0 Å². The molecule has 1 atom stereocenters. The number of unbranched alkanes of at least 4 members (excludes halogenated alkanes) is 3. The zero-order chi connectivity index (χ0) is 20.1. The van der Waals surface area contributed by atoms with Gasteiger partial charge in [0, 0.05) is 11.7 Å². The van der Waals surface area contributed by atoms with Gasteiger partial charge < -0.3 is 4.74 Å². The van der Waals surface area contributed by atoms with Gasteiger partial charge in [0.15, 0.2) is 9.84 Å². The van der Waals surface area contributed by atoms with Crippen molar-refractivity contribution in [2.24, 2.45) is 0 Å². The molecule has 1 aromatic rings. The average Bonchev–Trinajstić information content (AvgIpc) is 2.63. The van der Waals surface area contributed by atoms with E-state index in [2.05, 4.69) is 6.92 Å². The van der Waals surface area contributed by atoms with Gasteiger partial charge in [0.2, 0.25) is 4.38 Å². The number of thioether (sulfide) groups is 1. The van der Waals surface area contributed by atoms with Crippen LogP contribution in [-0.2, 0) is 19.4 Å². The maximum Gasteiger partial charge on any atom is 0.220 e. The summed E-state index contributed by atoms with van der Waals surface area (Å²) in [6.07, 6.45) is 6.42. The Kier molecular flexibility index (Phi) is 11.9. The van der Waals surface area contributed by atoms with Crippen LogP contribution in [-0.4, -0.2) is 36.2 Å². The SMILES string of the molecule is CCCCCCC(CCC(=O)CS(=O)(=O)c1ccccc1)SC(=S)OCC. The van der Waals surface area contributed by atoms with Crippen molar-refractivity contribution in [3.63, 3.8) is 0 Å². The second-order valence-corrected chi connectivity index (χ2v) is 10.3. The summed E-state index contributed by atoms with van der Waals surface area (Å²) in [4.78, 5) is 12.5. The van der Waals surface area contributed by atoms with E-state index in [1.165, 1.54) is 36.7 Å². The number of Topliss-reactive ketones (excluding diaryl/α,β-unsaturated/α-hetero) is 1. The van der Waals surface area contributed by atoms with Crippen LogP contribution in [0.2, 0.25) is 0 Å². The lowest BCUT2D eigenvalue weighted by molar-refractivity contribution is -0.116. The monoisotopic (exact) mass is 430 g/mol. The molecule has 0 spiro atoms. The molecule has 0 saturated carbocycles. The number of hydrogen-bond donors (Lipinski definition) is 0. The zero-order valence-corrected chi connectivity index (χ0v) is 18.6. The predicted molar refractivity (Wildman–Crippen MR) is 117 cm³/mol. The van der Waals surface area contributed by atoms with Crippen LogP contribution in [0.5, 0.6) is 0 Å². The summed E-state index contributed by atoms with van der Waals surface area (Å²) >= 11 is 6.71. The summed E-state index contributed by atoms with van der Waals surface area (Å²) < 4.78 is 30.5. The fourth-order valence-corrected chi connectivity index (χ4v) is 5.48. The van der Waals surface area contributed by atoms with Crippen molar-refractivity contribution in [1.82, 2.24) is 0 Å². The molecule has 4 nitrogen and oxygen atoms in total. The number of carbonyl (C=O) groups excluding carboxylic acids is 1. The summed E-state index contributed by atoms with van der Waals surface area (Å²) in [5.41, 5.74) is 0. The van der Waals surface area contributed by atoms with E-state index in [0.29, 0.717) is 17.4 Å². The molecular weight excluding hydrogens is 400 g/mol. The normalized spacial score (nSPS) is 12.5. The molecule has 0 aliphatic heterocycles. The van der Waals surface area contributed by atoms with Crippen LogP contribution in [0.3, 0.4) is 0 Å². The molecule has 0 heterocycles. The van der Waals surface area contributed by atoms with Crippen molar-refractivity contribution < 1.29 is 17.9 Å². The average molecular weight is 431 g/mol. The van der Waals surface area contributed by atoms with E-state index >= 15 is 0 Å². The molecule has 0 N–H and O–H groups in total. The largest absolute Gasteiger partial charge is 0.479 e. The van der Waals surface area contributed by atoms with Crippen molar-refractivity contribution in [3.8, 4) is 0 Å². The van der Waals surface area contributed by atoms with Crippen LogP contribution in [0.15, 0.2) is 35.2 Å². The molecule has 7 heteroatoms. The first kappa shape index (κ1) is 24.1. The number of carbonyl (C=O) groups is 1. The smallest absolute Gasteiger partial charge is 0.220 e. The second kappa shape index (κ2) is 13.3. The van der Waals surface area contributed by atoms with Gasteiger partial charge in [0.1, 0.15) is 11.5 Å². The Hall–Kier alpha value is -0.920. The maximum absolute atomic E-state index is 12.3. The van der Waals surface area contributed by atoms with Crippen LogP contribution >= 0.6 is 24.0 Å². The number of hydrogen-bond acceptors (Lipinski definition) is 6. The van der Waals surface area contributed by atoms with Crippen molar-refractivity contribution in [2.75, 3.05) is 12.4 Å². The van der Waals surface area contributed by atoms with Gasteiger partial charge >= 0.3 is 0 Å². The third-order valence-electron chi connectivity index (χ3n) is 4.10. The van der Waals surface area contributed by atoms with E-state index in [1.54, 1.807) is 18.2 Å². The predicted octanol–water partition coefficient (Wildman–Crippen LogP) is 5.20. The molecule has 0 saturated heterocycles. The lowest BCUT2D eigenvalue weighted by atomic mass is 10.1. The van der Waals surface area contributed by atoms with Gasteiger partial charge in [-0.15, -0.1) is 0 Å². The van der Waals surface area contributed by atoms with E-state index in [1.807, 2.05) is 6.92 Å². The third kappa shape index (κ3) is 10.3. The Morgan fingerprint density at radius 3 is 2.44 bits per heavy atom. The summed E-state index contributed by atoms with van der Waals surface area (Å²) in [5.74, 6) is -0.694. The first-order chi connectivity index (χ1) is 12.9. The number of ketones is 1. The minimum Gasteiger partial charge on any atom is -0.479 e. The van der Waals surface area contributed by atoms with Gasteiger partial charge in [-0.3, -0.25) is 4.79 Å². The van der Waals surface area contributed by atoms with E-state index < -0.39 is 15.6 Å². The standard InChI is InChI=1S/C20H30O4S3/c1-3-5-6-8-11-18(26-20(25)24-4-2)15-14-17(21)16-27(22,23)19-12-9-7-10-13-19/h7,9-10,12-13,18H,3-6,8,11,14-16H2,1-2H3. The summed E-state index contributed by atoms with van der Waals surface area (Å²) in [6.45, 7) is 4.59. The Bertz CT molecular complexity index is 672. The zero-order valence-electron chi connectivity index (χ0n) is 16.2.